The Bertz CT molecular complexity index is 868. The molecule has 1 N–H and O–H groups in total. The average molecular weight is 434 g/mol. The first-order valence-corrected chi connectivity index (χ1v) is 7.36. The molecule has 8 heteroatoms. The summed E-state index contributed by atoms with van der Waals surface area (Å²) in [6.07, 6.45) is 1.23. The number of anilines is 2. The van der Waals surface area contributed by atoms with Crippen molar-refractivity contribution in [3.05, 3.63) is 63.4 Å². The smallest absolute Gasteiger partial charge is 0.183 e. The van der Waals surface area contributed by atoms with Crippen molar-refractivity contribution in [2.45, 2.75) is 0 Å². The van der Waals surface area contributed by atoms with Crippen LogP contribution >= 0.6 is 22.6 Å². The van der Waals surface area contributed by atoms with E-state index in [-0.39, 0.29) is 17.0 Å². The molecule has 0 saturated carbocycles. The van der Waals surface area contributed by atoms with Crippen LogP contribution in [0.15, 0.2) is 41.1 Å². The summed E-state index contributed by atoms with van der Waals surface area (Å²) in [7, 11) is 0. The molecule has 1 heterocycles. The van der Waals surface area contributed by atoms with Gasteiger partial charge in [0.05, 0.1) is 23.1 Å². The third-order valence-corrected chi connectivity index (χ3v) is 3.72. The Kier molecular flexibility index (Phi) is 4.24. The van der Waals surface area contributed by atoms with E-state index in [9.17, 15) is 17.6 Å². The van der Waals surface area contributed by atoms with Crippen molar-refractivity contribution in [3.63, 3.8) is 0 Å². The minimum absolute atomic E-state index is 0.116. The summed E-state index contributed by atoms with van der Waals surface area (Å²) in [5.74, 6) is -4.62. The van der Waals surface area contributed by atoms with Gasteiger partial charge < -0.3 is 9.84 Å². The van der Waals surface area contributed by atoms with E-state index < -0.39 is 29.0 Å². The zero-order chi connectivity index (χ0) is 16.6. The minimum atomic E-state index is -1.40. The van der Waals surface area contributed by atoms with Gasteiger partial charge in [-0.2, -0.15) is 0 Å². The predicted octanol–water partition coefficient (Wildman–Crippen LogP) is 5.25. The SMILES string of the molecule is Fc1cc(I)ccc1Nc1c(F)c(F)cc(F)c1-c1ccno1. The first kappa shape index (κ1) is 15.8. The molecule has 0 atom stereocenters. The van der Waals surface area contributed by atoms with Crippen molar-refractivity contribution in [3.8, 4) is 11.3 Å². The van der Waals surface area contributed by atoms with Crippen LogP contribution in [0.2, 0.25) is 0 Å². The maximum atomic E-state index is 14.1. The lowest BCUT2D eigenvalue weighted by atomic mass is 10.1. The maximum Gasteiger partial charge on any atom is 0.183 e. The third kappa shape index (κ3) is 3.03. The van der Waals surface area contributed by atoms with Gasteiger partial charge in [-0.25, -0.2) is 17.6 Å². The van der Waals surface area contributed by atoms with E-state index in [4.69, 9.17) is 4.52 Å². The van der Waals surface area contributed by atoms with Gasteiger partial charge in [-0.05, 0) is 40.8 Å². The molecule has 3 rings (SSSR count). The van der Waals surface area contributed by atoms with Gasteiger partial charge in [0.25, 0.3) is 0 Å². The lowest BCUT2D eigenvalue weighted by Gasteiger charge is -2.13. The quantitative estimate of drug-likeness (QED) is 0.348. The highest BCUT2D eigenvalue weighted by Gasteiger charge is 2.23. The largest absolute Gasteiger partial charge is 0.356 e. The Balaban J connectivity index is 2.17. The number of nitrogens with one attached hydrogen (secondary N) is 1. The average Bonchev–Trinajstić information content (AvgIpc) is 3.01. The van der Waals surface area contributed by atoms with E-state index in [0.29, 0.717) is 9.64 Å². The van der Waals surface area contributed by atoms with E-state index in [2.05, 4.69) is 10.5 Å². The normalized spacial score (nSPS) is 10.8. The van der Waals surface area contributed by atoms with Gasteiger partial charge in [0.15, 0.2) is 17.4 Å². The monoisotopic (exact) mass is 434 g/mol. The van der Waals surface area contributed by atoms with Crippen molar-refractivity contribution in [2.24, 2.45) is 0 Å². The molecule has 0 amide bonds. The molecular weight excluding hydrogens is 427 g/mol. The van der Waals surface area contributed by atoms with Crippen LogP contribution in [-0.2, 0) is 0 Å². The topological polar surface area (TPSA) is 38.1 Å². The first-order chi connectivity index (χ1) is 11.0. The number of rotatable bonds is 3. The van der Waals surface area contributed by atoms with Crippen LogP contribution in [0, 0.1) is 26.8 Å². The number of benzene rings is 2. The van der Waals surface area contributed by atoms with Crippen LogP contribution in [-0.4, -0.2) is 5.16 Å². The molecule has 0 bridgehead atoms. The lowest BCUT2D eigenvalue weighted by molar-refractivity contribution is 0.428. The fraction of sp³-hybridized carbons (Fsp3) is 0. The summed E-state index contributed by atoms with van der Waals surface area (Å²) >= 11 is 1.90. The van der Waals surface area contributed by atoms with Gasteiger partial charge in [-0.3, -0.25) is 0 Å². The Morgan fingerprint density at radius 1 is 0.957 bits per heavy atom. The Morgan fingerprint density at radius 2 is 1.74 bits per heavy atom. The Labute approximate surface area is 141 Å². The predicted molar refractivity (Wildman–Crippen MR) is 84.2 cm³/mol. The number of aromatic nitrogens is 1. The van der Waals surface area contributed by atoms with Crippen molar-refractivity contribution >= 4 is 34.0 Å². The summed E-state index contributed by atoms with van der Waals surface area (Å²) < 4.78 is 61.1. The molecule has 0 aliphatic rings. The molecule has 1 aromatic heterocycles. The van der Waals surface area contributed by atoms with E-state index >= 15 is 0 Å². The van der Waals surface area contributed by atoms with Crippen LogP contribution in [0.5, 0.6) is 0 Å². The summed E-state index contributed by atoms with van der Waals surface area (Å²) in [5, 5.41) is 5.79. The molecule has 0 aliphatic carbocycles. The van der Waals surface area contributed by atoms with E-state index in [1.54, 1.807) is 6.07 Å². The second-order valence-electron chi connectivity index (χ2n) is 4.53. The molecule has 3 aromatic rings. The minimum Gasteiger partial charge on any atom is -0.356 e. The van der Waals surface area contributed by atoms with Crippen LogP contribution < -0.4 is 5.32 Å². The van der Waals surface area contributed by atoms with Crippen LogP contribution in [0.3, 0.4) is 0 Å². The van der Waals surface area contributed by atoms with Crippen LogP contribution in [0.25, 0.3) is 11.3 Å². The van der Waals surface area contributed by atoms with Crippen molar-refractivity contribution in [2.75, 3.05) is 5.32 Å². The Hall–Kier alpha value is -2.10. The Morgan fingerprint density at radius 3 is 2.39 bits per heavy atom. The first-order valence-electron chi connectivity index (χ1n) is 6.28. The molecule has 0 saturated heterocycles. The second-order valence-corrected chi connectivity index (χ2v) is 5.78. The molecule has 0 fully saturated rings. The standard InChI is InChI=1S/C15H7F4IN2O/c16-8-5-7(20)1-2-11(8)22-15-13(12-3-4-21-23-12)9(17)6-10(18)14(15)19/h1-6,22H. The fourth-order valence-corrected chi connectivity index (χ4v) is 2.48. The number of hydrogen-bond donors (Lipinski definition) is 1. The lowest BCUT2D eigenvalue weighted by Crippen LogP contribution is -2.03. The highest BCUT2D eigenvalue weighted by Crippen LogP contribution is 2.36. The summed E-state index contributed by atoms with van der Waals surface area (Å²) in [5.41, 5.74) is -1.08. The number of hydrogen-bond acceptors (Lipinski definition) is 3. The van der Waals surface area contributed by atoms with E-state index in [1.165, 1.54) is 24.4 Å². The zero-order valence-corrected chi connectivity index (χ0v) is 13.4. The van der Waals surface area contributed by atoms with E-state index in [1.807, 2.05) is 22.6 Å². The molecule has 0 unspecified atom stereocenters. The summed E-state index contributed by atoms with van der Waals surface area (Å²) in [4.78, 5) is 0. The second kappa shape index (κ2) is 6.19. The van der Waals surface area contributed by atoms with Crippen LogP contribution in [0.4, 0.5) is 28.9 Å². The fourth-order valence-electron chi connectivity index (χ4n) is 2.02. The summed E-state index contributed by atoms with van der Waals surface area (Å²) in [6, 6.07) is 5.77. The van der Waals surface area contributed by atoms with Crippen molar-refractivity contribution in [1.29, 1.82) is 0 Å². The van der Waals surface area contributed by atoms with Gasteiger partial charge in [0.2, 0.25) is 0 Å². The number of halogens is 5. The molecule has 23 heavy (non-hydrogen) atoms. The van der Waals surface area contributed by atoms with Gasteiger partial charge in [0, 0.05) is 15.7 Å². The molecule has 0 radical (unpaired) electrons. The molecule has 0 spiro atoms. The molecular formula is C15H7F4IN2O. The van der Waals surface area contributed by atoms with Gasteiger partial charge >= 0.3 is 0 Å². The van der Waals surface area contributed by atoms with Crippen LogP contribution in [0.1, 0.15) is 0 Å². The highest BCUT2D eigenvalue weighted by atomic mass is 127. The number of nitrogens with zero attached hydrogens (tertiary/aromatic N) is 1. The summed E-state index contributed by atoms with van der Waals surface area (Å²) in [6.45, 7) is 0. The molecule has 3 nitrogen and oxygen atoms in total. The van der Waals surface area contributed by atoms with Gasteiger partial charge in [0.1, 0.15) is 11.6 Å². The molecule has 2 aromatic carbocycles. The molecule has 0 aliphatic heterocycles. The maximum absolute atomic E-state index is 14.1. The van der Waals surface area contributed by atoms with Crippen molar-refractivity contribution < 1.29 is 22.1 Å². The van der Waals surface area contributed by atoms with Crippen molar-refractivity contribution in [1.82, 2.24) is 5.16 Å². The zero-order valence-electron chi connectivity index (χ0n) is 11.2. The van der Waals surface area contributed by atoms with Gasteiger partial charge in [-0.15, -0.1) is 0 Å². The van der Waals surface area contributed by atoms with E-state index in [0.717, 1.165) is 0 Å². The third-order valence-electron chi connectivity index (χ3n) is 3.05. The molecule has 118 valence electrons. The van der Waals surface area contributed by atoms with Gasteiger partial charge in [-0.1, -0.05) is 5.16 Å². The highest BCUT2D eigenvalue weighted by molar-refractivity contribution is 14.1.